The van der Waals surface area contributed by atoms with Crippen molar-refractivity contribution in [2.24, 2.45) is 0 Å². The number of H-pyrrole nitrogens is 1. The van der Waals surface area contributed by atoms with Crippen LogP contribution in [0.3, 0.4) is 0 Å². The van der Waals surface area contributed by atoms with Gasteiger partial charge in [0.1, 0.15) is 10.7 Å². The zero-order valence-electron chi connectivity index (χ0n) is 17.8. The molecular weight excluding hydrogens is 442 g/mol. The predicted molar refractivity (Wildman–Crippen MR) is 128 cm³/mol. The van der Waals surface area contributed by atoms with Crippen LogP contribution in [-0.2, 0) is 29.9 Å². The number of rotatable bonds is 9. The Morgan fingerprint density at radius 3 is 3.03 bits per heavy atom. The smallest absolute Gasteiger partial charge is 0.259 e. The summed E-state index contributed by atoms with van der Waals surface area (Å²) in [6, 6.07) is 5.88. The lowest BCUT2D eigenvalue weighted by Crippen LogP contribution is -2.31. The summed E-state index contributed by atoms with van der Waals surface area (Å²) < 4.78 is 0. The fourth-order valence-electron chi connectivity index (χ4n) is 3.95. The van der Waals surface area contributed by atoms with Gasteiger partial charge in [-0.1, -0.05) is 6.07 Å². The van der Waals surface area contributed by atoms with Crippen molar-refractivity contribution in [2.45, 2.75) is 50.8 Å². The van der Waals surface area contributed by atoms with Crippen LogP contribution in [0.15, 0.2) is 29.3 Å². The molecule has 0 saturated heterocycles. The van der Waals surface area contributed by atoms with Crippen LogP contribution in [0.2, 0.25) is 0 Å². The molecule has 1 aliphatic rings. The topological polar surface area (TPSA) is 103 Å². The normalized spacial score (nSPS) is 13.0. The molecule has 1 amide bonds. The number of aryl methyl sites for hydroxylation is 2. The molecule has 3 aromatic rings. The summed E-state index contributed by atoms with van der Waals surface area (Å²) in [4.78, 5) is 41.0. The van der Waals surface area contributed by atoms with Gasteiger partial charge in [0, 0.05) is 42.5 Å². The van der Waals surface area contributed by atoms with E-state index < -0.39 is 0 Å². The molecule has 0 fully saturated rings. The Morgan fingerprint density at radius 2 is 2.22 bits per heavy atom. The standard InChI is InChI=1S/C23H25N5O2S2/c24-9-4-11-28(14-16-5-3-10-25-13-16)20(29)8-12-31-15-19-26-22(30)21-17-6-1-2-7-18(17)32-23(21)27-19/h3,5,10,13H,1-2,4,6-8,11-12,14-15H2,(H,26,27,30). The molecule has 9 heteroatoms. The molecule has 0 atom stereocenters. The van der Waals surface area contributed by atoms with Gasteiger partial charge < -0.3 is 9.88 Å². The number of thioether (sulfide) groups is 1. The lowest BCUT2D eigenvalue weighted by molar-refractivity contribution is -0.131. The summed E-state index contributed by atoms with van der Waals surface area (Å²) in [5, 5.41) is 9.69. The van der Waals surface area contributed by atoms with Crippen molar-refractivity contribution in [3.05, 3.63) is 56.7 Å². The number of amides is 1. The highest BCUT2D eigenvalue weighted by Crippen LogP contribution is 2.33. The number of fused-ring (bicyclic) bond motifs is 3. The van der Waals surface area contributed by atoms with Crippen LogP contribution >= 0.6 is 23.1 Å². The third kappa shape index (κ3) is 5.37. The minimum absolute atomic E-state index is 0.0134. The first-order chi connectivity index (χ1) is 15.7. The second-order valence-corrected chi connectivity index (χ2v) is 9.98. The van der Waals surface area contributed by atoms with Gasteiger partial charge in [0.15, 0.2) is 0 Å². The number of nitrogens with zero attached hydrogens (tertiary/aromatic N) is 4. The fourth-order valence-corrected chi connectivity index (χ4v) is 6.03. The monoisotopic (exact) mass is 467 g/mol. The SMILES string of the molecule is N#CCCN(Cc1cccnc1)C(=O)CCSCc1nc2sc3c(c2c(=O)[nH]1)CCCC3. The molecule has 4 rings (SSSR count). The Labute approximate surface area is 194 Å². The molecule has 0 aliphatic heterocycles. The molecular formula is C23H25N5O2S2. The van der Waals surface area contributed by atoms with Gasteiger partial charge in [-0.05, 0) is 42.9 Å². The van der Waals surface area contributed by atoms with Crippen LogP contribution in [0.4, 0.5) is 0 Å². The summed E-state index contributed by atoms with van der Waals surface area (Å²) in [5.74, 6) is 1.86. The molecule has 166 valence electrons. The summed E-state index contributed by atoms with van der Waals surface area (Å²) in [5.41, 5.74) is 2.10. The van der Waals surface area contributed by atoms with E-state index in [-0.39, 0.29) is 11.5 Å². The number of nitrogens with one attached hydrogen (secondary N) is 1. The number of hydrogen-bond donors (Lipinski definition) is 1. The zero-order valence-corrected chi connectivity index (χ0v) is 19.4. The average Bonchev–Trinajstić information content (AvgIpc) is 3.19. The molecule has 0 aromatic carbocycles. The Morgan fingerprint density at radius 1 is 1.34 bits per heavy atom. The molecule has 32 heavy (non-hydrogen) atoms. The van der Waals surface area contributed by atoms with Crippen molar-refractivity contribution in [2.75, 3.05) is 12.3 Å². The molecule has 0 unspecified atom stereocenters. The number of aromatic amines is 1. The Hall–Kier alpha value is -2.70. The summed E-state index contributed by atoms with van der Waals surface area (Å²) >= 11 is 3.23. The van der Waals surface area contributed by atoms with E-state index in [0.717, 1.165) is 35.0 Å². The Bertz CT molecular complexity index is 1180. The van der Waals surface area contributed by atoms with E-state index in [1.807, 2.05) is 12.1 Å². The fraction of sp³-hybridized carbons (Fsp3) is 0.435. The van der Waals surface area contributed by atoms with Gasteiger partial charge in [-0.25, -0.2) is 4.98 Å². The molecule has 0 saturated carbocycles. The number of carbonyl (C=O) groups is 1. The maximum Gasteiger partial charge on any atom is 0.259 e. The quantitative estimate of drug-likeness (QED) is 0.480. The van der Waals surface area contributed by atoms with E-state index in [4.69, 9.17) is 10.2 Å². The number of aromatic nitrogens is 3. The van der Waals surface area contributed by atoms with E-state index in [1.54, 1.807) is 40.4 Å². The minimum atomic E-state index is -0.0415. The molecule has 3 aromatic heterocycles. The summed E-state index contributed by atoms with van der Waals surface area (Å²) in [7, 11) is 0. The largest absolute Gasteiger partial charge is 0.337 e. The zero-order chi connectivity index (χ0) is 22.3. The molecule has 3 heterocycles. The van der Waals surface area contributed by atoms with Crippen molar-refractivity contribution in [1.29, 1.82) is 5.26 Å². The van der Waals surface area contributed by atoms with Crippen molar-refractivity contribution in [3.8, 4) is 6.07 Å². The molecule has 1 N–H and O–H groups in total. The highest BCUT2D eigenvalue weighted by atomic mass is 32.2. The third-order valence-corrected chi connectivity index (χ3v) is 7.67. The second kappa shape index (κ2) is 10.7. The third-order valence-electron chi connectivity index (χ3n) is 5.52. The van der Waals surface area contributed by atoms with Crippen LogP contribution < -0.4 is 5.56 Å². The van der Waals surface area contributed by atoms with Gasteiger partial charge in [0.25, 0.3) is 5.56 Å². The number of pyridine rings is 1. The molecule has 0 radical (unpaired) electrons. The van der Waals surface area contributed by atoms with Crippen molar-refractivity contribution in [1.82, 2.24) is 19.9 Å². The number of nitriles is 1. The number of carbonyl (C=O) groups excluding carboxylic acids is 1. The maximum absolute atomic E-state index is 12.7. The second-order valence-electron chi connectivity index (χ2n) is 7.79. The number of hydrogen-bond acceptors (Lipinski definition) is 7. The van der Waals surface area contributed by atoms with E-state index in [9.17, 15) is 9.59 Å². The first-order valence-electron chi connectivity index (χ1n) is 10.8. The van der Waals surface area contributed by atoms with Gasteiger partial charge in [-0.15, -0.1) is 11.3 Å². The summed E-state index contributed by atoms with van der Waals surface area (Å²) in [6.07, 6.45) is 8.44. The Balaban J connectivity index is 1.33. The van der Waals surface area contributed by atoms with Crippen LogP contribution in [0, 0.1) is 11.3 Å². The van der Waals surface area contributed by atoms with Gasteiger partial charge in [-0.2, -0.15) is 17.0 Å². The van der Waals surface area contributed by atoms with Crippen molar-refractivity contribution >= 4 is 39.2 Å². The number of thiophene rings is 1. The molecule has 0 bridgehead atoms. The van der Waals surface area contributed by atoms with Gasteiger partial charge >= 0.3 is 0 Å². The lowest BCUT2D eigenvalue weighted by Gasteiger charge is -2.21. The average molecular weight is 468 g/mol. The molecule has 0 spiro atoms. The Kier molecular flexibility index (Phi) is 7.55. The van der Waals surface area contributed by atoms with Gasteiger partial charge in [0.05, 0.1) is 23.6 Å². The first-order valence-corrected chi connectivity index (χ1v) is 12.8. The van der Waals surface area contributed by atoms with E-state index in [0.29, 0.717) is 43.3 Å². The van der Waals surface area contributed by atoms with E-state index in [2.05, 4.69) is 16.0 Å². The maximum atomic E-state index is 12.7. The van der Waals surface area contributed by atoms with E-state index in [1.165, 1.54) is 16.9 Å². The highest BCUT2D eigenvalue weighted by Gasteiger charge is 2.20. The molecule has 7 nitrogen and oxygen atoms in total. The van der Waals surface area contributed by atoms with Gasteiger partial charge in [-0.3, -0.25) is 14.6 Å². The van der Waals surface area contributed by atoms with Crippen molar-refractivity contribution in [3.63, 3.8) is 0 Å². The highest BCUT2D eigenvalue weighted by molar-refractivity contribution is 7.98. The predicted octanol–water partition coefficient (Wildman–Crippen LogP) is 3.82. The van der Waals surface area contributed by atoms with Gasteiger partial charge in [0.2, 0.25) is 5.91 Å². The van der Waals surface area contributed by atoms with Crippen molar-refractivity contribution < 1.29 is 4.79 Å². The first kappa shape index (κ1) is 22.5. The minimum Gasteiger partial charge on any atom is -0.337 e. The van der Waals surface area contributed by atoms with Crippen LogP contribution in [-0.4, -0.2) is 38.1 Å². The summed E-state index contributed by atoms with van der Waals surface area (Å²) in [6.45, 7) is 0.858. The van der Waals surface area contributed by atoms with E-state index >= 15 is 0 Å². The van der Waals surface area contributed by atoms with Crippen LogP contribution in [0.5, 0.6) is 0 Å². The van der Waals surface area contributed by atoms with Crippen LogP contribution in [0.1, 0.15) is 47.5 Å². The molecule has 1 aliphatic carbocycles. The van der Waals surface area contributed by atoms with Crippen LogP contribution in [0.25, 0.3) is 10.2 Å². The lowest BCUT2D eigenvalue weighted by atomic mass is 9.97.